The number of nitrogens with zero attached hydrogens (tertiary/aromatic N) is 2. The molecule has 126 valence electrons. The van der Waals surface area contributed by atoms with Crippen LogP contribution in [0.2, 0.25) is 0 Å². The third kappa shape index (κ3) is 2.66. The fourth-order valence-electron chi connectivity index (χ4n) is 3.73. The average Bonchev–Trinajstić information content (AvgIpc) is 3.21. The van der Waals surface area contributed by atoms with Gasteiger partial charge in [0.25, 0.3) is 0 Å². The van der Waals surface area contributed by atoms with Crippen LogP contribution < -0.4 is 5.32 Å². The summed E-state index contributed by atoms with van der Waals surface area (Å²) in [5.41, 5.74) is 1.09. The van der Waals surface area contributed by atoms with Crippen molar-refractivity contribution in [1.29, 1.82) is 0 Å². The fourth-order valence-corrected chi connectivity index (χ4v) is 4.79. The summed E-state index contributed by atoms with van der Waals surface area (Å²) in [5.74, 6) is -0.915. The first kappa shape index (κ1) is 15.5. The number of allylic oxidation sites excluding steroid dienone is 2. The summed E-state index contributed by atoms with van der Waals surface area (Å²) in [6.07, 6.45) is 8.46. The number of likely N-dealkylation sites (tertiary alicyclic amines) is 1. The molecule has 0 aromatic carbocycles. The lowest BCUT2D eigenvalue weighted by molar-refractivity contribution is -0.140. The van der Waals surface area contributed by atoms with Gasteiger partial charge in [-0.3, -0.25) is 19.3 Å². The predicted octanol–water partition coefficient (Wildman–Crippen LogP) is 1.91. The van der Waals surface area contributed by atoms with Crippen LogP contribution in [-0.2, 0) is 27.2 Å². The van der Waals surface area contributed by atoms with Crippen LogP contribution in [0.1, 0.15) is 36.3 Å². The average molecular weight is 345 g/mol. The number of hydrogen-bond donors (Lipinski definition) is 1. The van der Waals surface area contributed by atoms with Crippen LogP contribution in [0, 0.1) is 11.8 Å². The van der Waals surface area contributed by atoms with Crippen molar-refractivity contribution in [3.8, 4) is 0 Å². The number of amides is 3. The van der Waals surface area contributed by atoms with Crippen LogP contribution in [0.15, 0.2) is 12.2 Å². The molecule has 0 radical (unpaired) electrons. The molecular formula is C17H19N3O3S. The Balaban J connectivity index is 1.33. The number of thiazole rings is 1. The molecule has 2 heterocycles. The lowest BCUT2D eigenvalue weighted by Crippen LogP contribution is -2.34. The Kier molecular flexibility index (Phi) is 3.96. The number of anilines is 1. The van der Waals surface area contributed by atoms with Gasteiger partial charge in [0.15, 0.2) is 5.13 Å². The molecule has 3 aliphatic rings. The third-order valence-electron chi connectivity index (χ3n) is 5.00. The van der Waals surface area contributed by atoms with E-state index in [1.54, 1.807) is 0 Å². The summed E-state index contributed by atoms with van der Waals surface area (Å²) < 4.78 is 0. The first-order valence-corrected chi connectivity index (χ1v) is 9.24. The van der Waals surface area contributed by atoms with E-state index in [9.17, 15) is 14.4 Å². The minimum absolute atomic E-state index is 0.120. The number of carbonyl (C=O) groups is 3. The van der Waals surface area contributed by atoms with Crippen molar-refractivity contribution in [3.05, 3.63) is 22.7 Å². The number of aryl methyl sites for hydroxylation is 2. The summed E-state index contributed by atoms with van der Waals surface area (Å²) in [7, 11) is 0. The first-order valence-electron chi connectivity index (χ1n) is 8.42. The number of nitrogens with one attached hydrogen (secondary N) is 1. The molecule has 7 heteroatoms. The number of rotatable bonds is 4. The number of aromatic nitrogens is 1. The second kappa shape index (κ2) is 6.12. The van der Waals surface area contributed by atoms with Gasteiger partial charge in [-0.25, -0.2) is 4.98 Å². The number of fused-ring (bicyclic) bond motifs is 2. The van der Waals surface area contributed by atoms with Crippen molar-refractivity contribution in [1.82, 2.24) is 9.88 Å². The lowest BCUT2D eigenvalue weighted by Gasteiger charge is -2.14. The van der Waals surface area contributed by atoms with Crippen LogP contribution in [-0.4, -0.2) is 34.2 Å². The largest absolute Gasteiger partial charge is 0.302 e. The van der Waals surface area contributed by atoms with E-state index in [1.807, 2.05) is 12.2 Å². The summed E-state index contributed by atoms with van der Waals surface area (Å²) >= 11 is 1.53. The molecule has 24 heavy (non-hydrogen) atoms. The second-order valence-corrected chi connectivity index (χ2v) is 7.61. The summed E-state index contributed by atoms with van der Waals surface area (Å²) in [6, 6.07) is 0. The molecule has 2 unspecified atom stereocenters. The molecule has 4 rings (SSSR count). The molecule has 2 atom stereocenters. The molecule has 6 nitrogen and oxygen atoms in total. The molecule has 1 saturated heterocycles. The summed E-state index contributed by atoms with van der Waals surface area (Å²) in [4.78, 5) is 43.8. The van der Waals surface area contributed by atoms with E-state index in [0.29, 0.717) is 18.0 Å². The van der Waals surface area contributed by atoms with Gasteiger partial charge in [0, 0.05) is 17.8 Å². The molecule has 1 aromatic rings. The minimum Gasteiger partial charge on any atom is -0.302 e. The second-order valence-electron chi connectivity index (χ2n) is 6.52. The maximum absolute atomic E-state index is 12.3. The Labute approximate surface area is 143 Å². The highest BCUT2D eigenvalue weighted by molar-refractivity contribution is 7.15. The van der Waals surface area contributed by atoms with Crippen LogP contribution in [0.5, 0.6) is 0 Å². The highest BCUT2D eigenvalue weighted by Gasteiger charge is 2.46. The Hall–Kier alpha value is -2.02. The van der Waals surface area contributed by atoms with Gasteiger partial charge in [0.05, 0.1) is 17.5 Å². The monoisotopic (exact) mass is 345 g/mol. The van der Waals surface area contributed by atoms with E-state index in [0.717, 1.165) is 25.0 Å². The van der Waals surface area contributed by atoms with Gasteiger partial charge in [-0.05, 0) is 32.1 Å². The van der Waals surface area contributed by atoms with E-state index >= 15 is 0 Å². The lowest BCUT2D eigenvalue weighted by atomic mass is 9.85. The zero-order valence-electron chi connectivity index (χ0n) is 13.3. The van der Waals surface area contributed by atoms with Crippen molar-refractivity contribution >= 4 is 34.2 Å². The topological polar surface area (TPSA) is 79.4 Å². The molecule has 1 aromatic heterocycles. The molecule has 1 N–H and O–H groups in total. The van der Waals surface area contributed by atoms with Crippen molar-refractivity contribution in [2.45, 2.75) is 38.5 Å². The van der Waals surface area contributed by atoms with Crippen molar-refractivity contribution in [3.63, 3.8) is 0 Å². The third-order valence-corrected chi connectivity index (χ3v) is 6.08. The number of carbonyl (C=O) groups excluding carboxylic acids is 3. The van der Waals surface area contributed by atoms with Gasteiger partial charge in [-0.1, -0.05) is 12.2 Å². The minimum atomic E-state index is -0.229. The van der Waals surface area contributed by atoms with Crippen molar-refractivity contribution < 1.29 is 14.4 Å². The van der Waals surface area contributed by atoms with Gasteiger partial charge < -0.3 is 5.32 Å². The first-order chi connectivity index (χ1) is 11.6. The van der Waals surface area contributed by atoms with Gasteiger partial charge in [-0.2, -0.15) is 0 Å². The van der Waals surface area contributed by atoms with Crippen molar-refractivity contribution in [2.75, 3.05) is 11.9 Å². The van der Waals surface area contributed by atoms with Crippen molar-refractivity contribution in [2.24, 2.45) is 11.8 Å². The number of imide groups is 1. The Morgan fingerprint density at radius 3 is 2.58 bits per heavy atom. The summed E-state index contributed by atoms with van der Waals surface area (Å²) in [5, 5.41) is 3.42. The highest BCUT2D eigenvalue weighted by atomic mass is 32.1. The van der Waals surface area contributed by atoms with Crippen LogP contribution in [0.25, 0.3) is 0 Å². The zero-order chi connectivity index (χ0) is 16.7. The maximum atomic E-state index is 12.3. The quantitative estimate of drug-likeness (QED) is 0.668. The fraction of sp³-hybridized carbons (Fsp3) is 0.529. The molecule has 3 amide bonds. The van der Waals surface area contributed by atoms with Crippen LogP contribution in [0.4, 0.5) is 5.13 Å². The van der Waals surface area contributed by atoms with E-state index in [2.05, 4.69) is 10.3 Å². The Morgan fingerprint density at radius 1 is 1.21 bits per heavy atom. The molecular weight excluding hydrogens is 326 g/mol. The normalized spacial score (nSPS) is 25.1. The number of hydrogen-bond acceptors (Lipinski definition) is 5. The van der Waals surface area contributed by atoms with Crippen LogP contribution in [0.3, 0.4) is 0 Å². The SMILES string of the molecule is O=C(CCN1C(=O)C2CC=CCC2C1=O)Nc1nc2c(s1)CCC2. The molecule has 1 aliphatic heterocycles. The Morgan fingerprint density at radius 2 is 1.92 bits per heavy atom. The van der Waals surface area contributed by atoms with E-state index < -0.39 is 0 Å². The molecule has 0 saturated carbocycles. The standard InChI is InChI=1S/C17H19N3O3S/c21-14(19-17-18-12-6-3-7-13(12)24-17)8-9-20-15(22)10-4-1-2-5-11(10)16(20)23/h1-2,10-11H,3-9H2,(H,18,19,21). The molecule has 1 fully saturated rings. The van der Waals surface area contributed by atoms with E-state index in [-0.39, 0.29) is 42.5 Å². The maximum Gasteiger partial charge on any atom is 0.233 e. The summed E-state index contributed by atoms with van der Waals surface area (Å²) in [6.45, 7) is 0.154. The van der Waals surface area contributed by atoms with Gasteiger partial charge in [0.1, 0.15) is 0 Å². The van der Waals surface area contributed by atoms with Gasteiger partial charge in [-0.15, -0.1) is 11.3 Å². The molecule has 0 bridgehead atoms. The van der Waals surface area contributed by atoms with E-state index in [4.69, 9.17) is 0 Å². The van der Waals surface area contributed by atoms with Crippen LogP contribution >= 0.6 is 11.3 Å². The predicted molar refractivity (Wildman–Crippen MR) is 89.5 cm³/mol. The molecule has 2 aliphatic carbocycles. The van der Waals surface area contributed by atoms with Gasteiger partial charge in [0.2, 0.25) is 17.7 Å². The molecule has 0 spiro atoms. The Bertz CT molecular complexity index is 692. The smallest absolute Gasteiger partial charge is 0.233 e. The van der Waals surface area contributed by atoms with E-state index in [1.165, 1.54) is 21.1 Å². The van der Waals surface area contributed by atoms with Gasteiger partial charge >= 0.3 is 0 Å². The zero-order valence-corrected chi connectivity index (χ0v) is 14.1. The highest BCUT2D eigenvalue weighted by Crippen LogP contribution is 2.35.